The van der Waals surface area contributed by atoms with E-state index in [2.05, 4.69) is 18.2 Å². The second kappa shape index (κ2) is 6.95. The Hall–Kier alpha value is -1.02. The van der Waals surface area contributed by atoms with Crippen molar-refractivity contribution in [1.82, 2.24) is 0 Å². The molecule has 19 heavy (non-hydrogen) atoms. The van der Waals surface area contributed by atoms with E-state index in [1.165, 1.54) is 11.1 Å². The van der Waals surface area contributed by atoms with E-state index in [1.54, 1.807) is 0 Å². The summed E-state index contributed by atoms with van der Waals surface area (Å²) >= 11 is 11.9. The maximum absolute atomic E-state index is 6.00. The van der Waals surface area contributed by atoms with Crippen molar-refractivity contribution in [3.63, 3.8) is 0 Å². The number of nitrogens with two attached hydrogens (primary N) is 1. The van der Waals surface area contributed by atoms with Crippen molar-refractivity contribution in [2.75, 3.05) is 6.54 Å². The number of hydrogen-bond donors (Lipinski definition) is 1. The molecule has 0 saturated carbocycles. The first-order chi connectivity index (χ1) is 9.17. The number of hydrogen-bond acceptors (Lipinski definition) is 1. The molecule has 0 aromatic heterocycles. The molecule has 0 aliphatic heterocycles. The van der Waals surface area contributed by atoms with E-state index in [1.807, 2.05) is 30.3 Å². The van der Waals surface area contributed by atoms with E-state index in [4.69, 9.17) is 28.9 Å². The van der Waals surface area contributed by atoms with Crippen LogP contribution in [-0.4, -0.2) is 6.54 Å². The van der Waals surface area contributed by atoms with Crippen molar-refractivity contribution in [3.8, 4) is 0 Å². The molecule has 2 aromatic rings. The highest BCUT2D eigenvalue weighted by atomic mass is 35.5. The van der Waals surface area contributed by atoms with Gasteiger partial charge in [-0.15, -0.1) is 0 Å². The van der Waals surface area contributed by atoms with E-state index >= 15 is 0 Å². The fourth-order valence-electron chi connectivity index (χ4n) is 2.19. The monoisotopic (exact) mass is 293 g/mol. The van der Waals surface area contributed by atoms with Gasteiger partial charge >= 0.3 is 0 Å². The van der Waals surface area contributed by atoms with E-state index in [0.717, 1.165) is 22.9 Å². The van der Waals surface area contributed by atoms with Gasteiger partial charge in [-0.05, 0) is 60.7 Å². The van der Waals surface area contributed by atoms with Crippen LogP contribution in [0.25, 0.3) is 0 Å². The molecule has 0 aliphatic rings. The van der Waals surface area contributed by atoms with Gasteiger partial charge in [-0.3, -0.25) is 0 Å². The molecule has 0 amide bonds. The zero-order chi connectivity index (χ0) is 13.7. The predicted octanol–water partition coefficient (Wildman–Crippen LogP) is 4.35. The van der Waals surface area contributed by atoms with E-state index in [9.17, 15) is 0 Å². The standard InChI is InChI=1S/C16H17Cl2N/c17-15-6-4-12(5-7-15)8-14(11-19)9-13-2-1-3-16(18)10-13/h1-7,10,14H,8-9,11,19H2. The van der Waals surface area contributed by atoms with Gasteiger partial charge in [-0.25, -0.2) is 0 Å². The number of halogens is 2. The van der Waals surface area contributed by atoms with Crippen LogP contribution in [-0.2, 0) is 12.8 Å². The van der Waals surface area contributed by atoms with Gasteiger partial charge in [0.15, 0.2) is 0 Å². The molecule has 0 spiro atoms. The first kappa shape index (κ1) is 14.4. The van der Waals surface area contributed by atoms with E-state index < -0.39 is 0 Å². The number of rotatable bonds is 5. The van der Waals surface area contributed by atoms with Gasteiger partial charge in [0, 0.05) is 10.0 Å². The van der Waals surface area contributed by atoms with Gasteiger partial charge in [-0.1, -0.05) is 47.5 Å². The summed E-state index contributed by atoms with van der Waals surface area (Å²) in [4.78, 5) is 0. The summed E-state index contributed by atoms with van der Waals surface area (Å²) < 4.78 is 0. The van der Waals surface area contributed by atoms with Crippen molar-refractivity contribution in [1.29, 1.82) is 0 Å². The van der Waals surface area contributed by atoms with Crippen LogP contribution in [0.4, 0.5) is 0 Å². The lowest BCUT2D eigenvalue weighted by atomic mass is 9.93. The Balaban J connectivity index is 2.02. The van der Waals surface area contributed by atoms with Gasteiger partial charge in [0.25, 0.3) is 0 Å². The predicted molar refractivity (Wildman–Crippen MR) is 82.9 cm³/mol. The van der Waals surface area contributed by atoms with Crippen molar-refractivity contribution >= 4 is 23.2 Å². The van der Waals surface area contributed by atoms with Crippen LogP contribution in [0.15, 0.2) is 48.5 Å². The molecule has 2 rings (SSSR count). The smallest absolute Gasteiger partial charge is 0.0408 e. The van der Waals surface area contributed by atoms with Crippen LogP contribution in [0.2, 0.25) is 10.0 Å². The van der Waals surface area contributed by atoms with Crippen LogP contribution in [0.3, 0.4) is 0 Å². The lowest BCUT2D eigenvalue weighted by molar-refractivity contribution is 0.533. The summed E-state index contributed by atoms with van der Waals surface area (Å²) in [5.74, 6) is 0.416. The average molecular weight is 294 g/mol. The molecule has 100 valence electrons. The quantitative estimate of drug-likeness (QED) is 0.871. The van der Waals surface area contributed by atoms with Gasteiger partial charge in [-0.2, -0.15) is 0 Å². The second-order valence-electron chi connectivity index (χ2n) is 4.77. The van der Waals surface area contributed by atoms with Crippen molar-refractivity contribution in [3.05, 3.63) is 69.7 Å². The Labute approximate surface area is 124 Å². The summed E-state index contributed by atoms with van der Waals surface area (Å²) in [5, 5.41) is 1.54. The third-order valence-corrected chi connectivity index (χ3v) is 3.67. The summed E-state index contributed by atoms with van der Waals surface area (Å²) in [6, 6.07) is 15.9. The lowest BCUT2D eigenvalue weighted by Gasteiger charge is -2.15. The molecule has 1 atom stereocenters. The Kier molecular flexibility index (Phi) is 5.26. The molecular weight excluding hydrogens is 277 g/mol. The number of benzene rings is 2. The summed E-state index contributed by atoms with van der Waals surface area (Å²) in [5.41, 5.74) is 8.38. The third kappa shape index (κ3) is 4.54. The summed E-state index contributed by atoms with van der Waals surface area (Å²) in [6.07, 6.45) is 1.90. The van der Waals surface area contributed by atoms with Gasteiger partial charge in [0.2, 0.25) is 0 Å². The maximum atomic E-state index is 6.00. The zero-order valence-electron chi connectivity index (χ0n) is 10.7. The van der Waals surface area contributed by atoms with Gasteiger partial charge < -0.3 is 5.73 Å². The van der Waals surface area contributed by atoms with Crippen molar-refractivity contribution < 1.29 is 0 Å². The van der Waals surface area contributed by atoms with Gasteiger partial charge in [0.1, 0.15) is 0 Å². The Bertz CT molecular complexity index is 523. The molecule has 0 aliphatic carbocycles. The Morgan fingerprint density at radius 3 is 2.16 bits per heavy atom. The topological polar surface area (TPSA) is 26.0 Å². The molecule has 3 heteroatoms. The molecule has 0 heterocycles. The Morgan fingerprint density at radius 1 is 0.842 bits per heavy atom. The molecule has 2 aromatic carbocycles. The van der Waals surface area contributed by atoms with E-state index in [0.29, 0.717) is 12.5 Å². The fraction of sp³-hybridized carbons (Fsp3) is 0.250. The van der Waals surface area contributed by atoms with Crippen LogP contribution >= 0.6 is 23.2 Å². The van der Waals surface area contributed by atoms with Crippen LogP contribution < -0.4 is 5.73 Å². The van der Waals surface area contributed by atoms with E-state index in [-0.39, 0.29) is 0 Å². The lowest BCUT2D eigenvalue weighted by Crippen LogP contribution is -2.19. The largest absolute Gasteiger partial charge is 0.330 e. The van der Waals surface area contributed by atoms with Crippen molar-refractivity contribution in [2.24, 2.45) is 11.7 Å². The molecule has 0 saturated heterocycles. The summed E-state index contributed by atoms with van der Waals surface area (Å²) in [6.45, 7) is 0.662. The fourth-order valence-corrected chi connectivity index (χ4v) is 2.53. The first-order valence-electron chi connectivity index (χ1n) is 6.36. The molecule has 1 unspecified atom stereocenters. The molecule has 2 N–H and O–H groups in total. The minimum atomic E-state index is 0.416. The average Bonchev–Trinajstić information content (AvgIpc) is 2.40. The highest BCUT2D eigenvalue weighted by Crippen LogP contribution is 2.18. The highest BCUT2D eigenvalue weighted by Gasteiger charge is 2.09. The van der Waals surface area contributed by atoms with Crippen LogP contribution in [0.5, 0.6) is 0 Å². The van der Waals surface area contributed by atoms with Crippen LogP contribution in [0, 0.1) is 5.92 Å². The minimum absolute atomic E-state index is 0.416. The normalized spacial score (nSPS) is 12.4. The first-order valence-corrected chi connectivity index (χ1v) is 7.12. The minimum Gasteiger partial charge on any atom is -0.330 e. The highest BCUT2D eigenvalue weighted by molar-refractivity contribution is 6.30. The van der Waals surface area contributed by atoms with Crippen LogP contribution in [0.1, 0.15) is 11.1 Å². The maximum Gasteiger partial charge on any atom is 0.0408 e. The Morgan fingerprint density at radius 2 is 1.53 bits per heavy atom. The molecule has 1 nitrogen and oxygen atoms in total. The van der Waals surface area contributed by atoms with Crippen molar-refractivity contribution in [2.45, 2.75) is 12.8 Å². The molecule has 0 bridgehead atoms. The summed E-state index contributed by atoms with van der Waals surface area (Å²) in [7, 11) is 0. The SMILES string of the molecule is NCC(Cc1ccc(Cl)cc1)Cc1cccc(Cl)c1. The molecular formula is C16H17Cl2N. The second-order valence-corrected chi connectivity index (χ2v) is 5.64. The molecule has 0 radical (unpaired) electrons. The zero-order valence-corrected chi connectivity index (χ0v) is 12.2. The van der Waals surface area contributed by atoms with Gasteiger partial charge in [0.05, 0.1) is 0 Å². The third-order valence-electron chi connectivity index (χ3n) is 3.18. The molecule has 0 fully saturated rings.